The average molecular weight is 302 g/mol. The Bertz CT molecular complexity index is 355. The smallest absolute Gasteiger partial charge is 0.0762 e. The Hall–Kier alpha value is -0.580. The molecule has 0 aliphatic heterocycles. The molecule has 1 aromatic carbocycles. The van der Waals surface area contributed by atoms with E-state index in [2.05, 4.69) is 20.8 Å². The fraction of sp³-hybridized carbons (Fsp3) is 0.538. The first-order valence-electron chi connectivity index (χ1n) is 5.82. The monoisotopic (exact) mass is 301 g/mol. The summed E-state index contributed by atoms with van der Waals surface area (Å²) in [5.74, 6) is 0. The molecule has 1 N–H and O–H groups in total. The van der Waals surface area contributed by atoms with Crippen LogP contribution in [0.5, 0.6) is 0 Å². The van der Waals surface area contributed by atoms with Crippen molar-refractivity contribution in [1.29, 1.82) is 0 Å². The molecule has 1 atom stereocenters. The lowest BCUT2D eigenvalue weighted by Crippen LogP contribution is -2.23. The van der Waals surface area contributed by atoms with Crippen molar-refractivity contribution in [2.45, 2.75) is 20.0 Å². The van der Waals surface area contributed by atoms with Gasteiger partial charge in [-0.1, -0.05) is 6.07 Å². The minimum atomic E-state index is -0.436. The number of nitrogens with zero attached hydrogens (tertiary/aromatic N) is 1. The van der Waals surface area contributed by atoms with Crippen LogP contribution in [0, 0.1) is 0 Å². The number of rotatable bonds is 6. The summed E-state index contributed by atoms with van der Waals surface area (Å²) in [6.45, 7) is 6.07. The minimum absolute atomic E-state index is 0.436. The van der Waals surface area contributed by atoms with E-state index >= 15 is 0 Å². The molecule has 96 valence electrons. The molecule has 0 aromatic heterocycles. The van der Waals surface area contributed by atoms with Crippen LogP contribution in [-0.4, -0.2) is 31.9 Å². The van der Waals surface area contributed by atoms with E-state index in [1.54, 1.807) is 6.92 Å². The van der Waals surface area contributed by atoms with E-state index in [0.29, 0.717) is 0 Å². The number of hydrogen-bond acceptors (Lipinski definition) is 3. The van der Waals surface area contributed by atoms with Crippen molar-refractivity contribution in [2.75, 3.05) is 31.7 Å². The third-order valence-corrected chi connectivity index (χ3v) is 3.28. The molecule has 0 radical (unpaired) electrons. The number of benzene rings is 1. The van der Waals surface area contributed by atoms with E-state index in [9.17, 15) is 5.11 Å². The van der Waals surface area contributed by atoms with Crippen LogP contribution in [0.2, 0.25) is 0 Å². The lowest BCUT2D eigenvalue weighted by Gasteiger charge is -2.21. The summed E-state index contributed by atoms with van der Waals surface area (Å²) < 4.78 is 6.33. The fourth-order valence-corrected chi connectivity index (χ4v) is 2.26. The molecular weight excluding hydrogens is 282 g/mol. The lowest BCUT2D eigenvalue weighted by molar-refractivity contribution is 0.154. The summed E-state index contributed by atoms with van der Waals surface area (Å²) >= 11 is 3.53. The highest BCUT2D eigenvalue weighted by atomic mass is 79.9. The molecule has 0 bridgehead atoms. The topological polar surface area (TPSA) is 32.7 Å². The molecular formula is C13H20BrNO2. The van der Waals surface area contributed by atoms with Crippen LogP contribution in [0.1, 0.15) is 25.5 Å². The lowest BCUT2D eigenvalue weighted by atomic mass is 10.1. The summed E-state index contributed by atoms with van der Waals surface area (Å²) in [5, 5.41) is 9.50. The summed E-state index contributed by atoms with van der Waals surface area (Å²) in [7, 11) is 2.03. The molecule has 0 saturated heterocycles. The highest BCUT2D eigenvalue weighted by molar-refractivity contribution is 9.10. The second-order valence-corrected chi connectivity index (χ2v) is 4.86. The molecule has 0 saturated carbocycles. The predicted octanol–water partition coefficient (Wildman–Crippen LogP) is 2.98. The zero-order chi connectivity index (χ0) is 12.8. The summed E-state index contributed by atoms with van der Waals surface area (Å²) in [5.41, 5.74) is 2.02. The van der Waals surface area contributed by atoms with Crippen LogP contribution in [-0.2, 0) is 4.74 Å². The molecule has 0 fully saturated rings. The quantitative estimate of drug-likeness (QED) is 0.820. The number of halogens is 1. The summed E-state index contributed by atoms with van der Waals surface area (Å²) in [6, 6.07) is 5.91. The van der Waals surface area contributed by atoms with E-state index in [1.165, 1.54) is 0 Å². The van der Waals surface area contributed by atoms with E-state index in [0.717, 1.165) is 35.5 Å². The SMILES string of the molecule is CCOCCN(C)c1ccc([C@@H](C)O)cc1Br. The van der Waals surface area contributed by atoms with Gasteiger partial charge in [-0.05, 0) is 47.5 Å². The van der Waals surface area contributed by atoms with Crippen molar-refractivity contribution < 1.29 is 9.84 Å². The minimum Gasteiger partial charge on any atom is -0.389 e. The van der Waals surface area contributed by atoms with Crippen molar-refractivity contribution >= 4 is 21.6 Å². The Kier molecular flexibility index (Phi) is 5.95. The molecule has 17 heavy (non-hydrogen) atoms. The zero-order valence-electron chi connectivity index (χ0n) is 10.6. The maximum atomic E-state index is 9.50. The Morgan fingerprint density at radius 1 is 1.47 bits per heavy atom. The predicted molar refractivity (Wildman–Crippen MR) is 74.5 cm³/mol. The molecule has 0 spiro atoms. The Balaban J connectivity index is 2.70. The zero-order valence-corrected chi connectivity index (χ0v) is 12.2. The maximum Gasteiger partial charge on any atom is 0.0762 e. The molecule has 0 amide bonds. The molecule has 1 rings (SSSR count). The summed E-state index contributed by atoms with van der Waals surface area (Å²) in [4.78, 5) is 2.13. The number of anilines is 1. The van der Waals surface area contributed by atoms with Gasteiger partial charge in [0.05, 0.1) is 18.4 Å². The number of hydrogen-bond donors (Lipinski definition) is 1. The van der Waals surface area contributed by atoms with Crippen molar-refractivity contribution in [3.8, 4) is 0 Å². The van der Waals surface area contributed by atoms with Gasteiger partial charge in [-0.3, -0.25) is 0 Å². The highest BCUT2D eigenvalue weighted by Crippen LogP contribution is 2.28. The van der Waals surface area contributed by atoms with Crippen LogP contribution >= 0.6 is 15.9 Å². The van der Waals surface area contributed by atoms with E-state index in [1.807, 2.05) is 32.2 Å². The van der Waals surface area contributed by atoms with Crippen molar-refractivity contribution in [3.05, 3.63) is 28.2 Å². The van der Waals surface area contributed by atoms with Gasteiger partial charge in [0, 0.05) is 24.7 Å². The third-order valence-electron chi connectivity index (χ3n) is 2.64. The van der Waals surface area contributed by atoms with Crippen LogP contribution in [0.25, 0.3) is 0 Å². The Morgan fingerprint density at radius 2 is 2.18 bits per heavy atom. The first-order chi connectivity index (χ1) is 8.06. The van der Waals surface area contributed by atoms with Crippen molar-refractivity contribution in [3.63, 3.8) is 0 Å². The fourth-order valence-electron chi connectivity index (χ4n) is 1.56. The van der Waals surface area contributed by atoms with Gasteiger partial charge in [0.1, 0.15) is 0 Å². The van der Waals surface area contributed by atoms with Gasteiger partial charge >= 0.3 is 0 Å². The Morgan fingerprint density at radius 3 is 2.71 bits per heavy atom. The molecule has 0 aliphatic carbocycles. The third kappa shape index (κ3) is 4.30. The molecule has 0 aliphatic rings. The second kappa shape index (κ2) is 6.99. The van der Waals surface area contributed by atoms with Gasteiger partial charge in [-0.2, -0.15) is 0 Å². The maximum absolute atomic E-state index is 9.50. The van der Waals surface area contributed by atoms with Crippen LogP contribution in [0.15, 0.2) is 22.7 Å². The van der Waals surface area contributed by atoms with Crippen LogP contribution < -0.4 is 4.90 Å². The highest BCUT2D eigenvalue weighted by Gasteiger charge is 2.08. The van der Waals surface area contributed by atoms with Crippen molar-refractivity contribution in [2.24, 2.45) is 0 Å². The van der Waals surface area contributed by atoms with Gasteiger partial charge in [-0.25, -0.2) is 0 Å². The van der Waals surface area contributed by atoms with E-state index < -0.39 is 6.10 Å². The number of aliphatic hydroxyl groups excluding tert-OH is 1. The molecule has 4 heteroatoms. The molecule has 1 aromatic rings. The van der Waals surface area contributed by atoms with Gasteiger partial charge < -0.3 is 14.7 Å². The largest absolute Gasteiger partial charge is 0.389 e. The first-order valence-corrected chi connectivity index (χ1v) is 6.62. The van der Waals surface area contributed by atoms with Crippen LogP contribution in [0.3, 0.4) is 0 Å². The second-order valence-electron chi connectivity index (χ2n) is 4.01. The standard InChI is InChI=1S/C13H20BrNO2/c1-4-17-8-7-15(3)13-6-5-11(10(2)16)9-12(13)14/h5-6,9-10,16H,4,7-8H2,1-3H3/t10-/m1/s1. The number of likely N-dealkylation sites (N-methyl/N-ethyl adjacent to an activating group) is 1. The molecule has 0 heterocycles. The van der Waals surface area contributed by atoms with Gasteiger partial charge in [-0.15, -0.1) is 0 Å². The van der Waals surface area contributed by atoms with Crippen LogP contribution in [0.4, 0.5) is 5.69 Å². The summed E-state index contributed by atoms with van der Waals surface area (Å²) in [6.07, 6.45) is -0.436. The first kappa shape index (κ1) is 14.5. The molecule has 3 nitrogen and oxygen atoms in total. The van der Waals surface area contributed by atoms with Crippen molar-refractivity contribution in [1.82, 2.24) is 0 Å². The Labute approximate surface area is 112 Å². The normalized spacial score (nSPS) is 12.5. The van der Waals surface area contributed by atoms with Gasteiger partial charge in [0.25, 0.3) is 0 Å². The molecule has 0 unspecified atom stereocenters. The average Bonchev–Trinajstić information content (AvgIpc) is 2.28. The van der Waals surface area contributed by atoms with Gasteiger partial charge in [0.2, 0.25) is 0 Å². The van der Waals surface area contributed by atoms with E-state index in [4.69, 9.17) is 4.74 Å². The number of ether oxygens (including phenoxy) is 1. The number of aliphatic hydroxyl groups is 1. The van der Waals surface area contributed by atoms with Gasteiger partial charge in [0.15, 0.2) is 0 Å². The van der Waals surface area contributed by atoms with E-state index in [-0.39, 0.29) is 0 Å².